The monoisotopic (exact) mass is 789 g/mol. The number of hydrogen-bond acceptors (Lipinski definition) is 3. The molecule has 1 atom stereocenters. The van der Waals surface area contributed by atoms with Crippen LogP contribution in [0.4, 0.5) is 0 Å². The Kier molecular flexibility index (Phi) is 12.1. The van der Waals surface area contributed by atoms with Gasteiger partial charge in [-0.3, -0.25) is 4.79 Å². The van der Waals surface area contributed by atoms with Crippen molar-refractivity contribution in [2.75, 3.05) is 0 Å². The summed E-state index contributed by atoms with van der Waals surface area (Å²) in [5.74, 6) is 1.19. The number of fused-ring (bicyclic) bond motifs is 4. The summed E-state index contributed by atoms with van der Waals surface area (Å²) in [4.78, 5) is 16.7. The largest absolute Gasteiger partial charge is 0.512 e. The molecule has 46 heavy (non-hydrogen) atoms. The third-order valence-electron chi connectivity index (χ3n) is 9.54. The van der Waals surface area contributed by atoms with Crippen LogP contribution < -0.4 is 0 Å². The van der Waals surface area contributed by atoms with Crippen molar-refractivity contribution < 1.29 is 30.0 Å². The zero-order valence-electron chi connectivity index (χ0n) is 27.9. The minimum Gasteiger partial charge on any atom is -0.512 e. The van der Waals surface area contributed by atoms with Gasteiger partial charge in [0.2, 0.25) is 0 Å². The number of carbonyl (C=O) groups is 1. The topological polar surface area (TPSA) is 50.2 Å². The number of aliphatic hydroxyl groups excluding tert-OH is 1. The van der Waals surface area contributed by atoms with Gasteiger partial charge in [-0.1, -0.05) is 119 Å². The van der Waals surface area contributed by atoms with Crippen molar-refractivity contribution in [1.82, 2.24) is 4.98 Å². The van der Waals surface area contributed by atoms with E-state index < -0.39 is 0 Å². The summed E-state index contributed by atoms with van der Waals surface area (Å²) in [6.45, 7) is 12.6. The standard InChI is InChI=1S/C29H22N.C13H24O2.Ir/c1-18(2)21-14-15-22-17-30-29-24-13-7-11-19-10-6-12-23(26(19)24)27(28(29)25(22)16-21)20-8-4-3-5-9-20;1-5-10(6-2)12(14)9-13(15)11(7-3)8-4;/h3-12,14-18,27H,1-2H3;9-11,14H,5-8H2,1-4H3;/q-1;;/b;12-9-;. The second-order valence-electron chi connectivity index (χ2n) is 12.5. The predicted octanol–water partition coefficient (Wildman–Crippen LogP) is 11.3. The normalized spacial score (nSPS) is 13.8. The molecule has 4 aromatic carbocycles. The second-order valence-corrected chi connectivity index (χ2v) is 12.5. The summed E-state index contributed by atoms with van der Waals surface area (Å²) in [5, 5.41) is 14.8. The Morgan fingerprint density at radius 1 is 0.870 bits per heavy atom. The van der Waals surface area contributed by atoms with E-state index in [9.17, 15) is 9.90 Å². The molecule has 1 unspecified atom stereocenters. The Labute approximate surface area is 288 Å². The van der Waals surface area contributed by atoms with Crippen LogP contribution in [0.3, 0.4) is 0 Å². The number of rotatable bonds is 9. The van der Waals surface area contributed by atoms with E-state index in [1.165, 1.54) is 49.9 Å². The Morgan fingerprint density at radius 3 is 2.22 bits per heavy atom. The fourth-order valence-electron chi connectivity index (χ4n) is 6.76. The maximum absolute atomic E-state index is 11.7. The number of nitrogens with zero attached hydrogens (tertiary/aromatic N) is 1. The molecule has 6 rings (SSSR count). The second kappa shape index (κ2) is 15.8. The molecule has 1 aliphatic carbocycles. The molecule has 3 nitrogen and oxygen atoms in total. The first kappa shape index (κ1) is 35.3. The molecule has 241 valence electrons. The third kappa shape index (κ3) is 7.04. The molecule has 0 spiro atoms. The van der Waals surface area contributed by atoms with Crippen LogP contribution in [0.25, 0.3) is 32.8 Å². The van der Waals surface area contributed by atoms with Crippen molar-refractivity contribution >= 4 is 27.3 Å². The van der Waals surface area contributed by atoms with Gasteiger partial charge in [0.15, 0.2) is 5.78 Å². The Bertz CT molecular complexity index is 1810. The summed E-state index contributed by atoms with van der Waals surface area (Å²) < 4.78 is 0. The smallest absolute Gasteiger partial charge is 0.162 e. The van der Waals surface area contributed by atoms with Crippen molar-refractivity contribution in [3.05, 3.63) is 125 Å². The fraction of sp³-hybridized carbons (Fsp3) is 0.333. The molecule has 0 saturated heterocycles. The molecule has 0 aliphatic heterocycles. The number of allylic oxidation sites excluding steroid dienone is 2. The summed E-state index contributed by atoms with van der Waals surface area (Å²) >= 11 is 0. The molecule has 0 amide bonds. The molecule has 1 N–H and O–H groups in total. The van der Waals surface area contributed by atoms with Crippen molar-refractivity contribution in [3.63, 3.8) is 0 Å². The van der Waals surface area contributed by atoms with Gasteiger partial charge in [0.25, 0.3) is 0 Å². The molecule has 1 aliphatic rings. The first-order valence-corrected chi connectivity index (χ1v) is 16.7. The van der Waals surface area contributed by atoms with Crippen LogP contribution >= 0.6 is 0 Å². The average molecular weight is 789 g/mol. The Hall–Kier alpha value is -3.59. The molecule has 0 bridgehead atoms. The molecular formula is C42H46IrNO2-. The SMILES string of the molecule is CC(C)c1ccc2cnc3c(c2c1)C(c1ccccc1)c1cccc2cc[c-]c-3c12.CCC(CC)C(=O)/C=C(\O)C(CC)CC.[Ir]. The maximum Gasteiger partial charge on any atom is 0.162 e. The number of aromatic nitrogens is 1. The van der Waals surface area contributed by atoms with Crippen LogP contribution in [0, 0.1) is 17.9 Å². The van der Waals surface area contributed by atoms with E-state index in [0.717, 1.165) is 36.9 Å². The number of hydrogen-bond donors (Lipinski definition) is 1. The quantitative estimate of drug-likeness (QED) is 0.0902. The third-order valence-corrected chi connectivity index (χ3v) is 9.54. The number of aliphatic hydroxyl groups is 1. The van der Waals surface area contributed by atoms with Crippen LogP contribution in [0.15, 0.2) is 96.9 Å². The van der Waals surface area contributed by atoms with Gasteiger partial charge < -0.3 is 10.1 Å². The minimum atomic E-state index is 0. The van der Waals surface area contributed by atoms with E-state index in [1.54, 1.807) is 0 Å². The first-order valence-electron chi connectivity index (χ1n) is 16.7. The Balaban J connectivity index is 0.000000259. The van der Waals surface area contributed by atoms with E-state index >= 15 is 0 Å². The molecule has 5 aromatic rings. The van der Waals surface area contributed by atoms with Gasteiger partial charge in [-0.2, -0.15) is 0 Å². The Morgan fingerprint density at radius 2 is 1.57 bits per heavy atom. The van der Waals surface area contributed by atoms with Crippen LogP contribution in [-0.2, 0) is 24.9 Å². The van der Waals surface area contributed by atoms with E-state index in [4.69, 9.17) is 4.98 Å². The van der Waals surface area contributed by atoms with Gasteiger partial charge in [0, 0.05) is 50.1 Å². The number of pyridine rings is 1. The summed E-state index contributed by atoms with van der Waals surface area (Å²) in [6.07, 6.45) is 6.93. The van der Waals surface area contributed by atoms with E-state index in [-0.39, 0.29) is 49.4 Å². The molecule has 1 aromatic heterocycles. The van der Waals surface area contributed by atoms with Crippen LogP contribution in [0.1, 0.15) is 101 Å². The first-order chi connectivity index (χ1) is 21.8. The molecule has 1 heterocycles. The maximum atomic E-state index is 11.7. The van der Waals surface area contributed by atoms with Gasteiger partial charge in [-0.05, 0) is 64.8 Å². The number of ketones is 1. The van der Waals surface area contributed by atoms with Crippen molar-refractivity contribution in [2.45, 2.75) is 79.1 Å². The van der Waals surface area contributed by atoms with Gasteiger partial charge in [0.1, 0.15) is 0 Å². The van der Waals surface area contributed by atoms with E-state index in [2.05, 4.69) is 92.7 Å². The summed E-state index contributed by atoms with van der Waals surface area (Å²) in [7, 11) is 0. The van der Waals surface area contributed by atoms with Crippen molar-refractivity contribution in [2.24, 2.45) is 11.8 Å². The zero-order chi connectivity index (χ0) is 32.1. The summed E-state index contributed by atoms with van der Waals surface area (Å²) in [5.41, 5.74) is 7.53. The molecular weight excluding hydrogens is 743 g/mol. The number of carbonyl (C=O) groups excluding carboxylic acids is 1. The molecule has 0 fully saturated rings. The molecule has 1 radical (unpaired) electrons. The van der Waals surface area contributed by atoms with Gasteiger partial charge in [-0.15, -0.1) is 29.1 Å². The van der Waals surface area contributed by atoms with Crippen LogP contribution in [-0.4, -0.2) is 15.9 Å². The average Bonchev–Trinajstić information content (AvgIpc) is 3.06. The van der Waals surface area contributed by atoms with Crippen LogP contribution in [0.2, 0.25) is 0 Å². The van der Waals surface area contributed by atoms with E-state index in [1.807, 2.05) is 40.0 Å². The minimum absolute atomic E-state index is 0. The van der Waals surface area contributed by atoms with Crippen LogP contribution in [0.5, 0.6) is 0 Å². The van der Waals surface area contributed by atoms with Gasteiger partial charge in [0.05, 0.1) is 5.76 Å². The van der Waals surface area contributed by atoms with Crippen molar-refractivity contribution in [1.29, 1.82) is 0 Å². The summed E-state index contributed by atoms with van der Waals surface area (Å²) in [6, 6.07) is 32.1. The molecule has 4 heteroatoms. The zero-order valence-corrected chi connectivity index (χ0v) is 30.3. The molecule has 0 saturated carbocycles. The van der Waals surface area contributed by atoms with Crippen molar-refractivity contribution in [3.8, 4) is 11.3 Å². The predicted molar refractivity (Wildman–Crippen MR) is 189 cm³/mol. The number of benzene rings is 4. The van der Waals surface area contributed by atoms with E-state index in [0.29, 0.717) is 5.92 Å². The van der Waals surface area contributed by atoms with Gasteiger partial charge in [-0.25, -0.2) is 0 Å². The fourth-order valence-corrected chi connectivity index (χ4v) is 6.76. The van der Waals surface area contributed by atoms with Gasteiger partial charge >= 0.3 is 0 Å².